The van der Waals surface area contributed by atoms with Crippen LogP contribution in [0.1, 0.15) is 20.8 Å². The SMILES string of the molecule is CC(C)(C)ONC(=O)Cn1cccnc1=O. The Balaban J connectivity index is 2.53. The number of hydroxylamine groups is 1. The van der Waals surface area contributed by atoms with Crippen molar-refractivity contribution in [2.24, 2.45) is 0 Å². The van der Waals surface area contributed by atoms with Gasteiger partial charge < -0.3 is 0 Å². The molecule has 0 radical (unpaired) electrons. The first kappa shape index (κ1) is 12.4. The molecule has 1 aromatic heterocycles. The second kappa shape index (κ2) is 4.89. The van der Waals surface area contributed by atoms with Gasteiger partial charge in [-0.3, -0.25) is 14.2 Å². The summed E-state index contributed by atoms with van der Waals surface area (Å²) in [7, 11) is 0. The first-order valence-corrected chi connectivity index (χ1v) is 4.87. The Bertz CT molecular complexity index is 420. The van der Waals surface area contributed by atoms with Crippen molar-refractivity contribution < 1.29 is 9.63 Å². The van der Waals surface area contributed by atoms with Gasteiger partial charge in [0.1, 0.15) is 6.54 Å². The summed E-state index contributed by atoms with van der Waals surface area (Å²) in [5, 5.41) is 0. The highest BCUT2D eigenvalue weighted by molar-refractivity contribution is 5.74. The van der Waals surface area contributed by atoms with Gasteiger partial charge in [-0.25, -0.2) is 15.3 Å². The van der Waals surface area contributed by atoms with Gasteiger partial charge in [0.2, 0.25) is 0 Å². The zero-order valence-electron chi connectivity index (χ0n) is 9.56. The molecule has 1 N–H and O–H groups in total. The van der Waals surface area contributed by atoms with Crippen molar-refractivity contribution in [3.63, 3.8) is 0 Å². The molecule has 0 bridgehead atoms. The van der Waals surface area contributed by atoms with E-state index in [9.17, 15) is 9.59 Å². The van der Waals surface area contributed by atoms with Crippen molar-refractivity contribution >= 4 is 5.91 Å². The number of nitrogens with zero attached hydrogens (tertiary/aromatic N) is 2. The summed E-state index contributed by atoms with van der Waals surface area (Å²) >= 11 is 0. The van der Waals surface area contributed by atoms with Crippen LogP contribution < -0.4 is 11.2 Å². The van der Waals surface area contributed by atoms with Gasteiger partial charge in [0.15, 0.2) is 0 Å². The van der Waals surface area contributed by atoms with Crippen molar-refractivity contribution in [3.8, 4) is 0 Å². The molecule has 6 heteroatoms. The summed E-state index contributed by atoms with van der Waals surface area (Å²) in [6.07, 6.45) is 2.87. The first-order valence-electron chi connectivity index (χ1n) is 4.87. The third kappa shape index (κ3) is 4.22. The van der Waals surface area contributed by atoms with Crippen molar-refractivity contribution in [1.29, 1.82) is 0 Å². The molecule has 0 aliphatic carbocycles. The van der Waals surface area contributed by atoms with Crippen molar-refractivity contribution in [2.75, 3.05) is 0 Å². The van der Waals surface area contributed by atoms with E-state index in [1.54, 1.807) is 6.07 Å². The fourth-order valence-electron chi connectivity index (χ4n) is 0.904. The fourth-order valence-corrected chi connectivity index (χ4v) is 0.904. The number of amides is 1. The van der Waals surface area contributed by atoms with E-state index >= 15 is 0 Å². The number of carbonyl (C=O) groups excluding carboxylic acids is 1. The van der Waals surface area contributed by atoms with Crippen LogP contribution >= 0.6 is 0 Å². The van der Waals surface area contributed by atoms with Crippen LogP contribution in [-0.2, 0) is 16.2 Å². The van der Waals surface area contributed by atoms with E-state index in [1.807, 2.05) is 20.8 Å². The Labute approximate surface area is 93.2 Å². The highest BCUT2D eigenvalue weighted by atomic mass is 16.7. The minimum absolute atomic E-state index is 0.108. The third-order valence-corrected chi connectivity index (χ3v) is 1.57. The van der Waals surface area contributed by atoms with Crippen molar-refractivity contribution in [3.05, 3.63) is 28.9 Å². The Hall–Kier alpha value is -1.69. The molecule has 0 saturated carbocycles. The maximum absolute atomic E-state index is 11.4. The van der Waals surface area contributed by atoms with E-state index in [0.29, 0.717) is 0 Å². The van der Waals surface area contributed by atoms with Gasteiger partial charge >= 0.3 is 5.69 Å². The zero-order chi connectivity index (χ0) is 12.2. The lowest BCUT2D eigenvalue weighted by Gasteiger charge is -2.18. The normalized spacial score (nSPS) is 11.2. The molecular weight excluding hydrogens is 210 g/mol. The summed E-state index contributed by atoms with van der Waals surface area (Å²) in [6, 6.07) is 1.58. The number of nitrogens with one attached hydrogen (secondary N) is 1. The molecule has 1 aromatic rings. The minimum atomic E-state index is -0.464. The van der Waals surface area contributed by atoms with Crippen LogP contribution in [0.5, 0.6) is 0 Å². The molecule has 1 rings (SSSR count). The molecule has 0 unspecified atom stereocenters. The number of rotatable bonds is 3. The van der Waals surface area contributed by atoms with Crippen LogP contribution in [0.3, 0.4) is 0 Å². The summed E-state index contributed by atoms with van der Waals surface area (Å²) in [6.45, 7) is 5.32. The molecule has 0 spiro atoms. The summed E-state index contributed by atoms with van der Waals surface area (Å²) in [4.78, 5) is 31.2. The Morgan fingerprint density at radius 3 is 2.81 bits per heavy atom. The van der Waals surface area contributed by atoms with E-state index in [2.05, 4.69) is 10.5 Å². The third-order valence-electron chi connectivity index (χ3n) is 1.57. The van der Waals surface area contributed by atoms with Gasteiger partial charge in [-0.15, -0.1) is 0 Å². The molecule has 1 amide bonds. The van der Waals surface area contributed by atoms with Crippen molar-refractivity contribution in [2.45, 2.75) is 32.9 Å². The van der Waals surface area contributed by atoms with Crippen LogP contribution in [-0.4, -0.2) is 21.1 Å². The molecule has 0 aliphatic heterocycles. The number of hydrogen-bond donors (Lipinski definition) is 1. The van der Waals surface area contributed by atoms with E-state index in [0.717, 1.165) is 0 Å². The van der Waals surface area contributed by atoms with Gasteiger partial charge in [0, 0.05) is 12.4 Å². The van der Waals surface area contributed by atoms with Gasteiger partial charge in [-0.1, -0.05) is 0 Å². The molecule has 0 atom stereocenters. The second-order valence-corrected chi connectivity index (χ2v) is 4.27. The topological polar surface area (TPSA) is 73.2 Å². The molecule has 6 nitrogen and oxygen atoms in total. The second-order valence-electron chi connectivity index (χ2n) is 4.27. The average Bonchev–Trinajstić information content (AvgIpc) is 2.18. The van der Waals surface area contributed by atoms with Gasteiger partial charge in [0.25, 0.3) is 5.91 Å². The largest absolute Gasteiger partial charge is 0.347 e. The first-order chi connectivity index (χ1) is 7.38. The van der Waals surface area contributed by atoms with Crippen LogP contribution in [0, 0.1) is 0 Å². The molecule has 0 aliphatic rings. The molecule has 0 saturated heterocycles. The van der Waals surface area contributed by atoms with Gasteiger partial charge in [0.05, 0.1) is 5.60 Å². The maximum atomic E-state index is 11.4. The molecule has 1 heterocycles. The van der Waals surface area contributed by atoms with E-state index in [1.165, 1.54) is 17.0 Å². The lowest BCUT2D eigenvalue weighted by molar-refractivity contribution is -0.146. The van der Waals surface area contributed by atoms with E-state index in [4.69, 9.17) is 4.84 Å². The van der Waals surface area contributed by atoms with Gasteiger partial charge in [-0.2, -0.15) is 0 Å². The molecular formula is C10H15N3O3. The maximum Gasteiger partial charge on any atom is 0.347 e. The summed E-state index contributed by atoms with van der Waals surface area (Å²) in [5.74, 6) is -0.398. The van der Waals surface area contributed by atoms with Gasteiger partial charge in [-0.05, 0) is 26.8 Å². The average molecular weight is 225 g/mol. The lowest BCUT2D eigenvalue weighted by atomic mass is 10.2. The predicted octanol–water partition coefficient (Wildman–Crippen LogP) is 0.0896. The smallest absolute Gasteiger partial charge is 0.290 e. The highest BCUT2D eigenvalue weighted by Gasteiger charge is 2.13. The zero-order valence-corrected chi connectivity index (χ0v) is 9.56. The van der Waals surface area contributed by atoms with Crippen LogP contribution in [0.15, 0.2) is 23.3 Å². The van der Waals surface area contributed by atoms with E-state index in [-0.39, 0.29) is 6.54 Å². The quantitative estimate of drug-likeness (QED) is 0.740. The predicted molar refractivity (Wildman–Crippen MR) is 57.5 cm³/mol. The fraction of sp³-hybridized carbons (Fsp3) is 0.500. The Morgan fingerprint density at radius 1 is 1.56 bits per heavy atom. The van der Waals surface area contributed by atoms with E-state index < -0.39 is 17.2 Å². The molecule has 88 valence electrons. The van der Waals surface area contributed by atoms with Crippen LogP contribution in [0.25, 0.3) is 0 Å². The standard InChI is InChI=1S/C10H15N3O3/c1-10(2,3)16-12-8(14)7-13-6-4-5-11-9(13)15/h4-6H,7H2,1-3H3,(H,12,14). The highest BCUT2D eigenvalue weighted by Crippen LogP contribution is 2.03. The van der Waals surface area contributed by atoms with Crippen molar-refractivity contribution in [1.82, 2.24) is 15.0 Å². The molecule has 0 fully saturated rings. The number of aromatic nitrogens is 2. The van der Waals surface area contributed by atoms with Crippen LogP contribution in [0.4, 0.5) is 0 Å². The summed E-state index contributed by atoms with van der Waals surface area (Å²) < 4.78 is 1.20. The Morgan fingerprint density at radius 2 is 2.25 bits per heavy atom. The molecule has 0 aromatic carbocycles. The minimum Gasteiger partial charge on any atom is -0.290 e. The number of carbonyl (C=O) groups is 1. The summed E-state index contributed by atoms with van der Waals surface area (Å²) in [5.41, 5.74) is 1.34. The Kier molecular flexibility index (Phi) is 3.78. The number of hydrogen-bond acceptors (Lipinski definition) is 4. The lowest BCUT2D eigenvalue weighted by Crippen LogP contribution is -2.37. The monoisotopic (exact) mass is 225 g/mol. The molecule has 16 heavy (non-hydrogen) atoms. The van der Waals surface area contributed by atoms with Crippen LogP contribution in [0.2, 0.25) is 0 Å².